The van der Waals surface area contributed by atoms with Crippen LogP contribution in [0.1, 0.15) is 56.1 Å². The molecule has 0 saturated heterocycles. The van der Waals surface area contributed by atoms with Gasteiger partial charge >= 0.3 is 0 Å². The second-order valence-electron chi connectivity index (χ2n) is 6.78. The van der Waals surface area contributed by atoms with Gasteiger partial charge in [-0.1, -0.05) is 37.3 Å². The minimum absolute atomic E-state index is 0.714. The molecule has 3 rings (SSSR count). The number of aryl methyl sites for hydroxylation is 1. The van der Waals surface area contributed by atoms with Crippen LogP contribution in [0.3, 0.4) is 0 Å². The lowest BCUT2D eigenvalue weighted by atomic mass is 9.92. The lowest BCUT2D eigenvalue weighted by Crippen LogP contribution is -2.32. The SMILES string of the molecule is C=CCCCC(NCCC)C1C2CCc3ccccc3C21. The Morgan fingerprint density at radius 1 is 1.38 bits per heavy atom. The molecular weight excluding hydrogens is 254 g/mol. The average molecular weight is 283 g/mol. The Hall–Kier alpha value is -1.08. The number of rotatable bonds is 8. The van der Waals surface area contributed by atoms with Crippen molar-refractivity contribution in [1.29, 1.82) is 0 Å². The molecule has 0 aliphatic heterocycles. The third-order valence-corrected chi connectivity index (χ3v) is 5.44. The van der Waals surface area contributed by atoms with Crippen LogP contribution in [0.15, 0.2) is 36.9 Å². The summed E-state index contributed by atoms with van der Waals surface area (Å²) in [4.78, 5) is 0. The topological polar surface area (TPSA) is 12.0 Å². The first-order valence-corrected chi connectivity index (χ1v) is 8.79. The van der Waals surface area contributed by atoms with E-state index in [1.54, 1.807) is 11.1 Å². The summed E-state index contributed by atoms with van der Waals surface area (Å²) >= 11 is 0. The van der Waals surface area contributed by atoms with Gasteiger partial charge in [0.15, 0.2) is 0 Å². The van der Waals surface area contributed by atoms with Crippen molar-refractivity contribution in [3.8, 4) is 0 Å². The van der Waals surface area contributed by atoms with Crippen molar-refractivity contribution in [3.05, 3.63) is 48.0 Å². The van der Waals surface area contributed by atoms with Gasteiger partial charge in [-0.25, -0.2) is 0 Å². The van der Waals surface area contributed by atoms with E-state index in [0.717, 1.165) is 30.7 Å². The molecule has 1 aromatic rings. The monoisotopic (exact) mass is 283 g/mol. The molecule has 114 valence electrons. The van der Waals surface area contributed by atoms with Gasteiger partial charge in [-0.2, -0.15) is 0 Å². The summed E-state index contributed by atoms with van der Waals surface area (Å²) in [5.74, 6) is 2.66. The van der Waals surface area contributed by atoms with Gasteiger partial charge in [0.25, 0.3) is 0 Å². The fourth-order valence-electron chi connectivity index (χ4n) is 4.41. The summed E-state index contributed by atoms with van der Waals surface area (Å²) in [6.07, 6.45) is 9.74. The van der Waals surface area contributed by atoms with Crippen molar-refractivity contribution in [2.45, 2.75) is 57.4 Å². The molecule has 0 spiro atoms. The van der Waals surface area contributed by atoms with E-state index in [1.807, 2.05) is 0 Å². The highest BCUT2D eigenvalue weighted by molar-refractivity contribution is 5.40. The van der Waals surface area contributed by atoms with E-state index in [0.29, 0.717) is 6.04 Å². The van der Waals surface area contributed by atoms with E-state index in [-0.39, 0.29) is 0 Å². The van der Waals surface area contributed by atoms with Crippen molar-refractivity contribution < 1.29 is 0 Å². The molecule has 1 nitrogen and oxygen atoms in total. The van der Waals surface area contributed by atoms with Crippen LogP contribution in [0.4, 0.5) is 0 Å². The molecule has 0 heterocycles. The number of unbranched alkanes of at least 4 members (excludes halogenated alkanes) is 1. The standard InChI is InChI=1S/C20H29N/c1-3-5-6-11-18(21-14-4-2)20-17-13-12-15-9-7-8-10-16(15)19(17)20/h3,7-10,17-21H,1,4-6,11-14H2,2H3. The van der Waals surface area contributed by atoms with E-state index in [1.165, 1.54) is 32.1 Å². The number of nitrogens with one attached hydrogen (secondary N) is 1. The fraction of sp³-hybridized carbons (Fsp3) is 0.600. The molecule has 1 N–H and O–H groups in total. The largest absolute Gasteiger partial charge is 0.314 e. The highest BCUT2D eigenvalue weighted by Crippen LogP contribution is 2.61. The fourth-order valence-corrected chi connectivity index (χ4v) is 4.41. The lowest BCUT2D eigenvalue weighted by Gasteiger charge is -2.19. The first kappa shape index (κ1) is 14.8. The van der Waals surface area contributed by atoms with Crippen molar-refractivity contribution >= 4 is 0 Å². The van der Waals surface area contributed by atoms with E-state index < -0.39 is 0 Å². The zero-order valence-corrected chi connectivity index (χ0v) is 13.4. The first-order valence-electron chi connectivity index (χ1n) is 8.79. The minimum Gasteiger partial charge on any atom is -0.314 e. The maximum atomic E-state index is 3.86. The maximum absolute atomic E-state index is 3.86. The van der Waals surface area contributed by atoms with Crippen molar-refractivity contribution in [2.75, 3.05) is 6.54 Å². The number of fused-ring (bicyclic) bond motifs is 3. The smallest absolute Gasteiger partial charge is 0.0104 e. The molecule has 0 radical (unpaired) electrons. The van der Waals surface area contributed by atoms with E-state index in [4.69, 9.17) is 0 Å². The van der Waals surface area contributed by atoms with E-state index >= 15 is 0 Å². The zero-order valence-electron chi connectivity index (χ0n) is 13.4. The van der Waals surface area contributed by atoms with Gasteiger partial charge in [0.05, 0.1) is 0 Å². The minimum atomic E-state index is 0.714. The van der Waals surface area contributed by atoms with E-state index in [9.17, 15) is 0 Å². The molecule has 4 atom stereocenters. The molecule has 4 unspecified atom stereocenters. The molecule has 1 fully saturated rings. The Balaban J connectivity index is 1.68. The highest BCUT2D eigenvalue weighted by atomic mass is 14.9. The van der Waals surface area contributed by atoms with Gasteiger partial charge in [0, 0.05) is 6.04 Å². The Bertz CT molecular complexity index is 478. The quantitative estimate of drug-likeness (QED) is 0.539. The molecule has 1 heteroatoms. The summed E-state index contributed by atoms with van der Waals surface area (Å²) in [6, 6.07) is 9.86. The van der Waals surface area contributed by atoms with Crippen LogP contribution in [0, 0.1) is 11.8 Å². The van der Waals surface area contributed by atoms with Gasteiger partial charge in [-0.05, 0) is 74.0 Å². The van der Waals surface area contributed by atoms with Gasteiger partial charge in [-0.15, -0.1) is 6.58 Å². The molecule has 0 bridgehead atoms. The van der Waals surface area contributed by atoms with Crippen LogP contribution in [0.2, 0.25) is 0 Å². The molecule has 1 saturated carbocycles. The third kappa shape index (κ3) is 3.08. The summed E-state index contributed by atoms with van der Waals surface area (Å²) in [5.41, 5.74) is 3.27. The number of benzene rings is 1. The second kappa shape index (κ2) is 6.79. The van der Waals surface area contributed by atoms with Gasteiger partial charge in [0.2, 0.25) is 0 Å². The van der Waals surface area contributed by atoms with Crippen LogP contribution in [0.25, 0.3) is 0 Å². The van der Waals surface area contributed by atoms with Gasteiger partial charge in [0.1, 0.15) is 0 Å². The summed E-state index contributed by atoms with van der Waals surface area (Å²) < 4.78 is 0. The number of hydrogen-bond donors (Lipinski definition) is 1. The van der Waals surface area contributed by atoms with Crippen LogP contribution < -0.4 is 5.32 Å². The summed E-state index contributed by atoms with van der Waals surface area (Å²) in [7, 11) is 0. The molecule has 2 aliphatic rings. The van der Waals surface area contributed by atoms with Crippen LogP contribution in [0.5, 0.6) is 0 Å². The second-order valence-corrected chi connectivity index (χ2v) is 6.78. The molecule has 21 heavy (non-hydrogen) atoms. The predicted octanol–water partition coefficient (Wildman–Crippen LogP) is 4.69. The Kier molecular flexibility index (Phi) is 4.80. The number of allylic oxidation sites excluding steroid dienone is 1. The summed E-state index contributed by atoms with van der Waals surface area (Å²) in [6.45, 7) is 7.29. The predicted molar refractivity (Wildman–Crippen MR) is 90.6 cm³/mol. The molecule has 2 aliphatic carbocycles. The van der Waals surface area contributed by atoms with Crippen molar-refractivity contribution in [3.63, 3.8) is 0 Å². The molecule has 0 aromatic heterocycles. The van der Waals surface area contributed by atoms with E-state index in [2.05, 4.69) is 49.2 Å². The third-order valence-electron chi connectivity index (χ3n) is 5.44. The average Bonchev–Trinajstić information content (AvgIpc) is 3.26. The Morgan fingerprint density at radius 3 is 3.05 bits per heavy atom. The Labute approximate surface area is 129 Å². The van der Waals surface area contributed by atoms with Crippen LogP contribution >= 0.6 is 0 Å². The lowest BCUT2D eigenvalue weighted by molar-refractivity contribution is 0.403. The van der Waals surface area contributed by atoms with Gasteiger partial charge < -0.3 is 5.32 Å². The molecular formula is C20H29N. The zero-order chi connectivity index (χ0) is 14.7. The van der Waals surface area contributed by atoms with Crippen LogP contribution in [-0.2, 0) is 6.42 Å². The maximum Gasteiger partial charge on any atom is 0.0104 e. The normalized spacial score (nSPS) is 27.6. The van der Waals surface area contributed by atoms with Crippen LogP contribution in [-0.4, -0.2) is 12.6 Å². The molecule has 1 aromatic carbocycles. The highest BCUT2D eigenvalue weighted by Gasteiger charge is 2.55. The molecule has 0 amide bonds. The first-order chi connectivity index (χ1) is 10.4. The Morgan fingerprint density at radius 2 is 2.24 bits per heavy atom. The van der Waals surface area contributed by atoms with Gasteiger partial charge in [-0.3, -0.25) is 0 Å². The summed E-state index contributed by atoms with van der Waals surface area (Å²) in [5, 5.41) is 3.84. The van der Waals surface area contributed by atoms with Crippen molar-refractivity contribution in [2.24, 2.45) is 11.8 Å². The van der Waals surface area contributed by atoms with Crippen molar-refractivity contribution in [1.82, 2.24) is 5.32 Å². The number of hydrogen-bond acceptors (Lipinski definition) is 1.